The molecule has 0 fully saturated rings. The molecule has 0 bridgehead atoms. The van der Waals surface area contributed by atoms with Crippen LogP contribution < -0.4 is 4.72 Å². The maximum Gasteiger partial charge on any atom is 0.241 e. The summed E-state index contributed by atoms with van der Waals surface area (Å²) in [5.41, 5.74) is -0.319. The van der Waals surface area contributed by atoms with Gasteiger partial charge in [-0.3, -0.25) is 0 Å². The Bertz CT molecular complexity index is 568. The Labute approximate surface area is 106 Å². The standard InChI is InChI=1S/C11H13ClN2O2S/c1-11(2,3)14-17(15,16)9-5-4-8(7-13)10(12)6-9/h4-6,14H,1-3H3. The van der Waals surface area contributed by atoms with Crippen molar-refractivity contribution in [3.63, 3.8) is 0 Å². The van der Waals surface area contributed by atoms with Gasteiger partial charge in [-0.2, -0.15) is 5.26 Å². The van der Waals surface area contributed by atoms with Gasteiger partial charge in [0.15, 0.2) is 0 Å². The average Bonchev–Trinajstić information content (AvgIpc) is 2.13. The fraction of sp³-hybridized carbons (Fsp3) is 0.364. The zero-order valence-electron chi connectivity index (χ0n) is 9.78. The summed E-state index contributed by atoms with van der Waals surface area (Å²) < 4.78 is 26.4. The highest BCUT2D eigenvalue weighted by atomic mass is 35.5. The first-order valence-corrected chi connectivity index (χ1v) is 6.75. The van der Waals surface area contributed by atoms with Gasteiger partial charge in [-0.05, 0) is 39.0 Å². The molecule has 0 atom stereocenters. The molecular formula is C11H13ClN2O2S. The molecule has 0 aliphatic heterocycles. The van der Waals surface area contributed by atoms with E-state index < -0.39 is 15.6 Å². The van der Waals surface area contributed by atoms with Gasteiger partial charge in [0.05, 0.1) is 15.5 Å². The van der Waals surface area contributed by atoms with E-state index >= 15 is 0 Å². The Morgan fingerprint density at radius 2 is 1.94 bits per heavy atom. The third-order valence-electron chi connectivity index (χ3n) is 1.81. The minimum atomic E-state index is -3.61. The first kappa shape index (κ1) is 14.0. The smallest absolute Gasteiger partial charge is 0.207 e. The molecule has 0 aliphatic rings. The predicted octanol–water partition coefficient (Wildman–Crippen LogP) is 2.29. The molecule has 1 aromatic carbocycles. The van der Waals surface area contributed by atoms with Crippen molar-refractivity contribution in [1.82, 2.24) is 4.72 Å². The predicted molar refractivity (Wildman–Crippen MR) is 66.2 cm³/mol. The minimum absolute atomic E-state index is 0.0522. The molecule has 0 saturated heterocycles. The highest BCUT2D eigenvalue weighted by Crippen LogP contribution is 2.21. The van der Waals surface area contributed by atoms with Crippen LogP contribution in [0.3, 0.4) is 0 Å². The van der Waals surface area contributed by atoms with Crippen LogP contribution in [-0.2, 0) is 10.0 Å². The maximum absolute atomic E-state index is 11.9. The summed E-state index contributed by atoms with van der Waals surface area (Å²) in [6.45, 7) is 5.24. The lowest BCUT2D eigenvalue weighted by Crippen LogP contribution is -2.40. The van der Waals surface area contributed by atoms with E-state index in [0.29, 0.717) is 0 Å². The van der Waals surface area contributed by atoms with E-state index in [0.717, 1.165) is 0 Å². The number of halogens is 1. The van der Waals surface area contributed by atoms with Crippen LogP contribution in [0.2, 0.25) is 5.02 Å². The number of hydrogen-bond donors (Lipinski definition) is 1. The molecule has 1 N–H and O–H groups in total. The molecule has 6 heteroatoms. The second-order valence-electron chi connectivity index (χ2n) is 4.61. The molecule has 4 nitrogen and oxygen atoms in total. The topological polar surface area (TPSA) is 70.0 Å². The molecule has 92 valence electrons. The number of rotatable bonds is 2. The molecule has 1 rings (SSSR count). The summed E-state index contributed by atoms with van der Waals surface area (Å²) in [7, 11) is -3.61. The molecule has 0 aromatic heterocycles. The Kier molecular flexibility index (Phi) is 3.82. The molecule has 0 unspecified atom stereocenters. The fourth-order valence-corrected chi connectivity index (χ4v) is 2.95. The summed E-state index contributed by atoms with van der Waals surface area (Å²) in [6, 6.07) is 5.90. The zero-order chi connectivity index (χ0) is 13.3. The second-order valence-corrected chi connectivity index (χ2v) is 6.70. The van der Waals surface area contributed by atoms with Gasteiger partial charge < -0.3 is 0 Å². The van der Waals surface area contributed by atoms with E-state index in [4.69, 9.17) is 16.9 Å². The van der Waals surface area contributed by atoms with Crippen LogP contribution in [0.15, 0.2) is 23.1 Å². The van der Waals surface area contributed by atoms with Gasteiger partial charge in [-0.25, -0.2) is 13.1 Å². The average molecular weight is 273 g/mol. The highest BCUT2D eigenvalue weighted by molar-refractivity contribution is 7.89. The van der Waals surface area contributed by atoms with E-state index in [-0.39, 0.29) is 15.5 Å². The highest BCUT2D eigenvalue weighted by Gasteiger charge is 2.22. The van der Waals surface area contributed by atoms with Crippen LogP contribution in [0.1, 0.15) is 26.3 Å². The Balaban J connectivity index is 3.18. The van der Waals surface area contributed by atoms with Gasteiger partial charge >= 0.3 is 0 Å². The van der Waals surface area contributed by atoms with E-state index in [1.54, 1.807) is 20.8 Å². The van der Waals surface area contributed by atoms with Crippen molar-refractivity contribution in [2.24, 2.45) is 0 Å². The normalized spacial score (nSPS) is 12.2. The summed E-state index contributed by atoms with van der Waals surface area (Å²) in [5, 5.41) is 8.83. The summed E-state index contributed by atoms with van der Waals surface area (Å²) in [5.74, 6) is 0. The van der Waals surface area contributed by atoms with Gasteiger partial charge in [0.25, 0.3) is 0 Å². The number of sulfonamides is 1. The molecular weight excluding hydrogens is 260 g/mol. The molecule has 0 heterocycles. The van der Waals surface area contributed by atoms with Crippen molar-refractivity contribution in [2.45, 2.75) is 31.2 Å². The summed E-state index contributed by atoms with van der Waals surface area (Å²) in [6.07, 6.45) is 0. The monoisotopic (exact) mass is 272 g/mol. The SMILES string of the molecule is CC(C)(C)NS(=O)(=O)c1ccc(C#N)c(Cl)c1. The van der Waals surface area contributed by atoms with Crippen LogP contribution in [0.5, 0.6) is 0 Å². The maximum atomic E-state index is 11.9. The summed E-state index contributed by atoms with van der Waals surface area (Å²) >= 11 is 5.79. The summed E-state index contributed by atoms with van der Waals surface area (Å²) in [4.78, 5) is 0.0522. The molecule has 17 heavy (non-hydrogen) atoms. The lowest BCUT2D eigenvalue weighted by atomic mass is 10.1. The van der Waals surface area contributed by atoms with Gasteiger partial charge in [0.1, 0.15) is 6.07 Å². The zero-order valence-corrected chi connectivity index (χ0v) is 11.4. The van der Waals surface area contributed by atoms with Crippen LogP contribution in [0, 0.1) is 11.3 Å². The Morgan fingerprint density at radius 1 is 1.35 bits per heavy atom. The Morgan fingerprint density at radius 3 is 2.35 bits per heavy atom. The van der Waals surface area contributed by atoms with Gasteiger partial charge in [-0.1, -0.05) is 11.6 Å². The number of nitrogens with one attached hydrogen (secondary N) is 1. The fourth-order valence-electron chi connectivity index (χ4n) is 1.22. The first-order chi connectivity index (χ1) is 7.65. The van der Waals surface area contributed by atoms with Gasteiger partial charge in [0.2, 0.25) is 10.0 Å². The van der Waals surface area contributed by atoms with Crippen molar-refractivity contribution in [3.05, 3.63) is 28.8 Å². The van der Waals surface area contributed by atoms with Gasteiger partial charge in [0, 0.05) is 5.54 Å². The Hall–Kier alpha value is -1.09. The third-order valence-corrected chi connectivity index (χ3v) is 3.88. The molecule has 0 amide bonds. The van der Waals surface area contributed by atoms with E-state index in [1.807, 2.05) is 6.07 Å². The van der Waals surface area contributed by atoms with Crippen LogP contribution in [0.4, 0.5) is 0 Å². The number of nitrogens with zero attached hydrogens (tertiary/aromatic N) is 1. The largest absolute Gasteiger partial charge is 0.241 e. The second kappa shape index (κ2) is 4.65. The van der Waals surface area contributed by atoms with Crippen molar-refractivity contribution >= 4 is 21.6 Å². The third kappa shape index (κ3) is 3.70. The van der Waals surface area contributed by atoms with Crippen molar-refractivity contribution in [2.75, 3.05) is 0 Å². The minimum Gasteiger partial charge on any atom is -0.207 e. The number of nitriles is 1. The molecule has 0 radical (unpaired) electrons. The van der Waals surface area contributed by atoms with Crippen LogP contribution >= 0.6 is 11.6 Å². The lowest BCUT2D eigenvalue weighted by Gasteiger charge is -2.20. The van der Waals surface area contributed by atoms with E-state index in [2.05, 4.69) is 4.72 Å². The van der Waals surface area contributed by atoms with Crippen molar-refractivity contribution in [1.29, 1.82) is 5.26 Å². The van der Waals surface area contributed by atoms with E-state index in [1.165, 1.54) is 18.2 Å². The van der Waals surface area contributed by atoms with E-state index in [9.17, 15) is 8.42 Å². The van der Waals surface area contributed by atoms with Crippen LogP contribution in [0.25, 0.3) is 0 Å². The van der Waals surface area contributed by atoms with Crippen molar-refractivity contribution < 1.29 is 8.42 Å². The number of hydrogen-bond acceptors (Lipinski definition) is 3. The van der Waals surface area contributed by atoms with Gasteiger partial charge in [-0.15, -0.1) is 0 Å². The molecule has 0 aliphatic carbocycles. The number of benzene rings is 1. The molecule has 1 aromatic rings. The molecule has 0 saturated carbocycles. The molecule has 0 spiro atoms. The quantitative estimate of drug-likeness (QED) is 0.898. The van der Waals surface area contributed by atoms with Crippen LogP contribution in [-0.4, -0.2) is 14.0 Å². The lowest BCUT2D eigenvalue weighted by molar-refractivity contribution is 0.491. The first-order valence-electron chi connectivity index (χ1n) is 4.89. The van der Waals surface area contributed by atoms with Crippen molar-refractivity contribution in [3.8, 4) is 6.07 Å².